The zero-order valence-electron chi connectivity index (χ0n) is 9.41. The van der Waals surface area contributed by atoms with Gasteiger partial charge in [0.2, 0.25) is 0 Å². The molecular formula is C11H23NOS. The summed E-state index contributed by atoms with van der Waals surface area (Å²) in [7, 11) is 2.17. The molecule has 0 amide bonds. The molecule has 0 aliphatic heterocycles. The minimum absolute atomic E-state index is 0.0312. The topological polar surface area (TPSA) is 23.5 Å². The quantitative estimate of drug-likeness (QED) is 0.687. The van der Waals surface area contributed by atoms with Crippen LogP contribution in [0.3, 0.4) is 0 Å². The Kier molecular flexibility index (Phi) is 5.90. The Morgan fingerprint density at radius 1 is 1.43 bits per heavy atom. The van der Waals surface area contributed by atoms with E-state index in [1.54, 1.807) is 0 Å². The summed E-state index contributed by atoms with van der Waals surface area (Å²) >= 11 is 1.99. The van der Waals surface area contributed by atoms with Crippen LogP contribution in [0.15, 0.2) is 0 Å². The Labute approximate surface area is 92.1 Å². The minimum atomic E-state index is -0.0312. The molecule has 2 unspecified atom stereocenters. The van der Waals surface area contributed by atoms with Gasteiger partial charge in [-0.1, -0.05) is 13.3 Å². The molecule has 2 atom stereocenters. The van der Waals surface area contributed by atoms with Gasteiger partial charge in [0.25, 0.3) is 0 Å². The smallest absolute Gasteiger partial charge is 0.0580 e. The summed E-state index contributed by atoms with van der Waals surface area (Å²) in [4.78, 5) is 2.36. The summed E-state index contributed by atoms with van der Waals surface area (Å²) in [5, 5.41) is 9.68. The lowest BCUT2D eigenvalue weighted by Crippen LogP contribution is -2.31. The maximum Gasteiger partial charge on any atom is 0.0580 e. The predicted molar refractivity (Wildman–Crippen MR) is 63.8 cm³/mol. The van der Waals surface area contributed by atoms with E-state index in [0.717, 1.165) is 19.5 Å². The van der Waals surface area contributed by atoms with Gasteiger partial charge in [0.15, 0.2) is 0 Å². The number of hydrogen-bond acceptors (Lipinski definition) is 3. The molecule has 1 saturated carbocycles. The Morgan fingerprint density at radius 3 is 2.79 bits per heavy atom. The van der Waals surface area contributed by atoms with E-state index in [4.69, 9.17) is 0 Å². The Bertz CT molecular complexity index is 154. The predicted octanol–water partition coefficient (Wildman–Crippen LogP) is 1.83. The number of hydrogen-bond donors (Lipinski definition) is 1. The lowest BCUT2D eigenvalue weighted by Gasteiger charge is -2.22. The van der Waals surface area contributed by atoms with Crippen LogP contribution in [0, 0.1) is 5.92 Å². The molecule has 2 nitrogen and oxygen atoms in total. The molecule has 0 saturated heterocycles. The molecule has 0 aromatic carbocycles. The van der Waals surface area contributed by atoms with E-state index >= 15 is 0 Å². The summed E-state index contributed by atoms with van der Waals surface area (Å²) in [5.74, 6) is 2.96. The molecule has 3 heteroatoms. The van der Waals surface area contributed by atoms with Crippen molar-refractivity contribution >= 4 is 11.8 Å². The van der Waals surface area contributed by atoms with Gasteiger partial charge in [0.05, 0.1) is 6.10 Å². The second kappa shape index (κ2) is 6.70. The van der Waals surface area contributed by atoms with E-state index in [9.17, 15) is 5.11 Å². The highest BCUT2D eigenvalue weighted by Crippen LogP contribution is 2.25. The molecular weight excluding hydrogens is 194 g/mol. The van der Waals surface area contributed by atoms with Crippen molar-refractivity contribution in [2.75, 3.05) is 31.6 Å². The average Bonchev–Trinajstić information content (AvgIpc) is 2.52. The standard InChI is InChI=1S/C11H23NOS/c1-3-14-8-7-12(2)9-10-5-4-6-11(10)13/h10-11,13H,3-9H2,1-2H3. The Hall–Kier alpha value is 0.270. The van der Waals surface area contributed by atoms with Crippen LogP contribution in [0.2, 0.25) is 0 Å². The molecule has 84 valence electrons. The van der Waals surface area contributed by atoms with E-state index in [1.165, 1.54) is 24.3 Å². The molecule has 0 aromatic heterocycles. The van der Waals surface area contributed by atoms with Gasteiger partial charge >= 0.3 is 0 Å². The molecule has 0 aromatic rings. The summed E-state index contributed by atoms with van der Waals surface area (Å²) < 4.78 is 0. The maximum absolute atomic E-state index is 9.68. The molecule has 1 fully saturated rings. The normalized spacial score (nSPS) is 27.4. The van der Waals surface area contributed by atoms with E-state index in [2.05, 4.69) is 18.9 Å². The van der Waals surface area contributed by atoms with E-state index in [0.29, 0.717) is 5.92 Å². The maximum atomic E-state index is 9.68. The van der Waals surface area contributed by atoms with Crippen LogP contribution >= 0.6 is 11.8 Å². The SMILES string of the molecule is CCSCCN(C)CC1CCCC1O. The van der Waals surface area contributed by atoms with Crippen LogP contribution in [0.4, 0.5) is 0 Å². The van der Waals surface area contributed by atoms with Crippen LogP contribution in [-0.4, -0.2) is 47.8 Å². The van der Waals surface area contributed by atoms with Crippen LogP contribution in [0.25, 0.3) is 0 Å². The van der Waals surface area contributed by atoms with Gasteiger partial charge in [-0.15, -0.1) is 0 Å². The fraction of sp³-hybridized carbons (Fsp3) is 1.00. The van der Waals surface area contributed by atoms with E-state index < -0.39 is 0 Å². The fourth-order valence-corrected chi connectivity index (χ4v) is 2.82. The van der Waals surface area contributed by atoms with Crippen molar-refractivity contribution in [3.63, 3.8) is 0 Å². The summed E-state index contributed by atoms with van der Waals surface area (Å²) in [6, 6.07) is 0. The summed E-state index contributed by atoms with van der Waals surface area (Å²) in [6.45, 7) is 4.43. The third kappa shape index (κ3) is 4.20. The second-order valence-corrected chi connectivity index (χ2v) is 5.61. The zero-order valence-corrected chi connectivity index (χ0v) is 10.2. The number of aliphatic hydroxyl groups is 1. The van der Waals surface area contributed by atoms with Gasteiger partial charge in [-0.05, 0) is 31.6 Å². The van der Waals surface area contributed by atoms with Crippen molar-refractivity contribution in [3.8, 4) is 0 Å². The van der Waals surface area contributed by atoms with Gasteiger partial charge in [0.1, 0.15) is 0 Å². The minimum Gasteiger partial charge on any atom is -0.393 e. The van der Waals surface area contributed by atoms with Crippen molar-refractivity contribution in [3.05, 3.63) is 0 Å². The van der Waals surface area contributed by atoms with Gasteiger partial charge in [-0.2, -0.15) is 11.8 Å². The van der Waals surface area contributed by atoms with Crippen LogP contribution < -0.4 is 0 Å². The largest absolute Gasteiger partial charge is 0.393 e. The van der Waals surface area contributed by atoms with Crippen LogP contribution in [-0.2, 0) is 0 Å². The number of thioether (sulfide) groups is 1. The van der Waals surface area contributed by atoms with Crippen molar-refractivity contribution in [2.45, 2.75) is 32.3 Å². The van der Waals surface area contributed by atoms with Crippen molar-refractivity contribution in [1.29, 1.82) is 0 Å². The van der Waals surface area contributed by atoms with Crippen LogP contribution in [0.1, 0.15) is 26.2 Å². The first-order valence-electron chi connectivity index (χ1n) is 5.68. The molecule has 0 heterocycles. The van der Waals surface area contributed by atoms with Crippen LogP contribution in [0.5, 0.6) is 0 Å². The molecule has 1 aliphatic rings. The average molecular weight is 217 g/mol. The highest BCUT2D eigenvalue weighted by molar-refractivity contribution is 7.99. The monoisotopic (exact) mass is 217 g/mol. The third-order valence-corrected chi connectivity index (χ3v) is 3.87. The number of aliphatic hydroxyl groups excluding tert-OH is 1. The molecule has 1 aliphatic carbocycles. The summed E-state index contributed by atoms with van der Waals surface area (Å²) in [5.41, 5.74) is 0. The second-order valence-electron chi connectivity index (χ2n) is 4.22. The Balaban J connectivity index is 2.09. The highest BCUT2D eigenvalue weighted by Gasteiger charge is 2.25. The Morgan fingerprint density at radius 2 is 2.21 bits per heavy atom. The first kappa shape index (κ1) is 12.3. The van der Waals surface area contributed by atoms with Gasteiger partial charge < -0.3 is 10.0 Å². The van der Waals surface area contributed by atoms with E-state index in [1.807, 2.05) is 11.8 Å². The summed E-state index contributed by atoms with van der Waals surface area (Å²) in [6.07, 6.45) is 3.41. The molecule has 0 bridgehead atoms. The van der Waals surface area contributed by atoms with Crippen molar-refractivity contribution < 1.29 is 5.11 Å². The van der Waals surface area contributed by atoms with E-state index in [-0.39, 0.29) is 6.10 Å². The molecule has 1 N–H and O–H groups in total. The lowest BCUT2D eigenvalue weighted by atomic mass is 10.1. The fourth-order valence-electron chi connectivity index (χ4n) is 2.09. The third-order valence-electron chi connectivity index (χ3n) is 2.99. The molecule has 14 heavy (non-hydrogen) atoms. The van der Waals surface area contributed by atoms with Crippen molar-refractivity contribution in [1.82, 2.24) is 4.90 Å². The van der Waals surface area contributed by atoms with Gasteiger partial charge in [-0.25, -0.2) is 0 Å². The molecule has 0 radical (unpaired) electrons. The number of rotatable bonds is 6. The lowest BCUT2D eigenvalue weighted by molar-refractivity contribution is 0.111. The zero-order chi connectivity index (χ0) is 10.4. The number of nitrogens with zero attached hydrogens (tertiary/aromatic N) is 1. The van der Waals surface area contributed by atoms with Gasteiger partial charge in [0, 0.05) is 18.8 Å². The first-order valence-corrected chi connectivity index (χ1v) is 6.84. The first-order chi connectivity index (χ1) is 6.74. The van der Waals surface area contributed by atoms with Crippen molar-refractivity contribution in [2.24, 2.45) is 5.92 Å². The van der Waals surface area contributed by atoms with Gasteiger partial charge in [-0.3, -0.25) is 0 Å². The molecule has 1 rings (SSSR count). The molecule has 0 spiro atoms. The highest BCUT2D eigenvalue weighted by atomic mass is 32.2.